The van der Waals surface area contributed by atoms with E-state index in [1.54, 1.807) is 0 Å². The molecule has 0 aromatic carbocycles. The molecular weight excluding hydrogens is 290 g/mol. The van der Waals surface area contributed by atoms with Crippen molar-refractivity contribution in [1.29, 1.82) is 0 Å². The summed E-state index contributed by atoms with van der Waals surface area (Å²) in [6.07, 6.45) is 5.37. The molecule has 6 heteroatoms. The highest BCUT2D eigenvalue weighted by Gasteiger charge is 2.53. The Bertz CT molecular complexity index is 357. The zero-order valence-electron chi connectivity index (χ0n) is 14.4. The van der Waals surface area contributed by atoms with Crippen molar-refractivity contribution >= 4 is 0 Å². The minimum absolute atomic E-state index is 0.0554. The smallest absolute Gasteiger partial charge is 0.144 e. The largest absolute Gasteiger partial charge is 0.379 e. The lowest BCUT2D eigenvalue weighted by molar-refractivity contribution is -0.137. The Hall–Kier alpha value is -0.240. The van der Waals surface area contributed by atoms with Crippen LogP contribution in [0.3, 0.4) is 0 Å². The second-order valence-electron chi connectivity index (χ2n) is 7.39. The van der Waals surface area contributed by atoms with Gasteiger partial charge in [0.05, 0.1) is 19.3 Å². The van der Waals surface area contributed by atoms with Gasteiger partial charge in [-0.2, -0.15) is 0 Å². The van der Waals surface area contributed by atoms with E-state index in [4.69, 9.17) is 4.74 Å². The highest BCUT2D eigenvalue weighted by atomic mass is 16.5. The number of likely N-dealkylation sites (tertiary alicyclic amines) is 1. The highest BCUT2D eigenvalue weighted by Crippen LogP contribution is 2.35. The topological polar surface area (TPSA) is 43.0 Å². The number of piperidine rings is 1. The summed E-state index contributed by atoms with van der Waals surface area (Å²) in [5.41, 5.74) is 0. The van der Waals surface area contributed by atoms with Crippen LogP contribution in [0.4, 0.5) is 0 Å². The molecule has 4 aliphatic heterocycles. The maximum absolute atomic E-state index is 5.62. The maximum atomic E-state index is 5.62. The van der Waals surface area contributed by atoms with Gasteiger partial charge in [-0.1, -0.05) is 6.42 Å². The van der Waals surface area contributed by atoms with Crippen molar-refractivity contribution in [2.75, 3.05) is 72.1 Å². The Morgan fingerprint density at radius 1 is 0.783 bits per heavy atom. The monoisotopic (exact) mass is 323 g/mol. The quantitative estimate of drug-likeness (QED) is 0.745. The lowest BCUT2D eigenvalue weighted by Gasteiger charge is -2.56. The molecule has 4 aliphatic rings. The molecule has 0 spiro atoms. The molecule has 2 unspecified atom stereocenters. The molecule has 4 saturated heterocycles. The van der Waals surface area contributed by atoms with Crippen molar-refractivity contribution < 1.29 is 4.74 Å². The van der Waals surface area contributed by atoms with Gasteiger partial charge in [0.25, 0.3) is 0 Å². The lowest BCUT2D eigenvalue weighted by Crippen LogP contribution is -2.76. The van der Waals surface area contributed by atoms with Crippen LogP contribution in [0.15, 0.2) is 0 Å². The van der Waals surface area contributed by atoms with Crippen molar-refractivity contribution in [1.82, 2.24) is 25.3 Å². The minimum atomic E-state index is 0.0554. The number of rotatable bonds is 3. The van der Waals surface area contributed by atoms with Crippen LogP contribution in [0.2, 0.25) is 0 Å². The van der Waals surface area contributed by atoms with Crippen LogP contribution in [0.1, 0.15) is 25.7 Å². The van der Waals surface area contributed by atoms with E-state index in [9.17, 15) is 0 Å². The molecule has 0 aromatic rings. The number of ether oxygens (including phenoxy) is 1. The minimum Gasteiger partial charge on any atom is -0.379 e. The second kappa shape index (κ2) is 7.33. The fourth-order valence-electron chi connectivity index (χ4n) is 5.12. The third kappa shape index (κ3) is 3.05. The maximum Gasteiger partial charge on any atom is 0.144 e. The summed E-state index contributed by atoms with van der Waals surface area (Å²) in [7, 11) is 0. The van der Waals surface area contributed by atoms with Crippen LogP contribution in [-0.4, -0.2) is 98.6 Å². The van der Waals surface area contributed by atoms with Crippen LogP contribution in [-0.2, 0) is 4.74 Å². The molecule has 0 saturated carbocycles. The van der Waals surface area contributed by atoms with Gasteiger partial charge in [-0.05, 0) is 25.8 Å². The van der Waals surface area contributed by atoms with E-state index in [1.165, 1.54) is 38.8 Å². The van der Waals surface area contributed by atoms with Crippen molar-refractivity contribution in [3.63, 3.8) is 0 Å². The first-order valence-corrected chi connectivity index (χ1v) is 9.69. The van der Waals surface area contributed by atoms with Crippen LogP contribution in [0.25, 0.3) is 0 Å². The Kier molecular flexibility index (Phi) is 5.18. The van der Waals surface area contributed by atoms with Gasteiger partial charge in [-0.15, -0.1) is 0 Å². The molecule has 2 atom stereocenters. The molecule has 4 rings (SSSR count). The molecule has 4 fully saturated rings. The Morgan fingerprint density at radius 2 is 1.48 bits per heavy atom. The van der Waals surface area contributed by atoms with E-state index in [-0.39, 0.29) is 5.79 Å². The van der Waals surface area contributed by atoms with Gasteiger partial charge in [0, 0.05) is 52.4 Å². The average molecular weight is 323 g/mol. The van der Waals surface area contributed by atoms with Gasteiger partial charge in [-0.25, -0.2) is 0 Å². The first-order chi connectivity index (χ1) is 11.4. The Balaban J connectivity index is 1.62. The first-order valence-electron chi connectivity index (χ1n) is 9.69. The Labute approximate surface area is 140 Å². The van der Waals surface area contributed by atoms with Crippen LogP contribution < -0.4 is 10.6 Å². The summed E-state index contributed by atoms with van der Waals surface area (Å²) in [4.78, 5) is 8.25. The first kappa shape index (κ1) is 16.2. The van der Waals surface area contributed by atoms with Crippen LogP contribution in [0, 0.1) is 0 Å². The molecule has 0 aromatic heterocycles. The zero-order valence-corrected chi connectivity index (χ0v) is 14.4. The van der Waals surface area contributed by atoms with Crippen LogP contribution >= 0.6 is 0 Å². The standard InChI is InChI=1S/C17H33N5O/c1-2-8-21(9-3-1)17(22-10-6-18-7-11-22)16(4-5-19-17)20-12-14-23-15-13-20/h16,18-19H,1-15H2. The SMILES string of the molecule is C1CCN(C2(N3CCNCC3)NCCC2N2CCOCC2)CC1. The second-order valence-corrected chi connectivity index (χ2v) is 7.39. The summed E-state index contributed by atoms with van der Waals surface area (Å²) >= 11 is 0. The highest BCUT2D eigenvalue weighted by molar-refractivity contribution is 5.05. The number of hydrogen-bond donors (Lipinski definition) is 2. The fourth-order valence-corrected chi connectivity index (χ4v) is 5.12. The predicted molar refractivity (Wildman–Crippen MR) is 91.4 cm³/mol. The van der Waals surface area contributed by atoms with Crippen molar-refractivity contribution in [2.24, 2.45) is 0 Å². The van der Waals surface area contributed by atoms with E-state index >= 15 is 0 Å². The molecule has 0 amide bonds. The Morgan fingerprint density at radius 3 is 2.22 bits per heavy atom. The molecule has 132 valence electrons. The summed E-state index contributed by atoms with van der Waals surface area (Å²) in [6.45, 7) is 12.2. The van der Waals surface area contributed by atoms with Gasteiger partial charge < -0.3 is 10.1 Å². The van der Waals surface area contributed by atoms with Gasteiger partial charge in [0.1, 0.15) is 5.79 Å². The van der Waals surface area contributed by atoms with Gasteiger partial charge >= 0.3 is 0 Å². The van der Waals surface area contributed by atoms with E-state index in [1.807, 2.05) is 0 Å². The molecule has 0 aliphatic carbocycles. The molecular formula is C17H33N5O. The summed E-state index contributed by atoms with van der Waals surface area (Å²) < 4.78 is 5.62. The predicted octanol–water partition coefficient (Wildman–Crippen LogP) is -0.275. The lowest BCUT2D eigenvalue weighted by atomic mass is 9.99. The van der Waals surface area contributed by atoms with Crippen molar-refractivity contribution in [3.8, 4) is 0 Å². The normalized spacial score (nSPS) is 38.9. The van der Waals surface area contributed by atoms with Crippen LogP contribution in [0.5, 0.6) is 0 Å². The third-order valence-electron chi connectivity index (χ3n) is 6.19. The molecule has 4 heterocycles. The van der Waals surface area contributed by atoms with Gasteiger partial charge in [0.2, 0.25) is 0 Å². The summed E-state index contributed by atoms with van der Waals surface area (Å²) in [6, 6.07) is 0.600. The van der Waals surface area contributed by atoms with Gasteiger partial charge in [-0.3, -0.25) is 20.0 Å². The van der Waals surface area contributed by atoms with E-state index in [0.717, 1.165) is 59.0 Å². The molecule has 0 bridgehead atoms. The summed E-state index contributed by atoms with van der Waals surface area (Å²) in [5.74, 6) is 0.0554. The van der Waals surface area contributed by atoms with E-state index < -0.39 is 0 Å². The average Bonchev–Trinajstić information content (AvgIpc) is 3.10. The fraction of sp³-hybridized carbons (Fsp3) is 1.00. The molecule has 23 heavy (non-hydrogen) atoms. The van der Waals surface area contributed by atoms with Gasteiger partial charge in [0.15, 0.2) is 0 Å². The van der Waals surface area contributed by atoms with Crippen molar-refractivity contribution in [3.05, 3.63) is 0 Å². The number of piperazine rings is 1. The number of morpholine rings is 1. The number of nitrogens with one attached hydrogen (secondary N) is 2. The molecule has 0 radical (unpaired) electrons. The summed E-state index contributed by atoms with van der Waals surface area (Å²) in [5, 5.41) is 7.53. The number of hydrogen-bond acceptors (Lipinski definition) is 6. The van der Waals surface area contributed by atoms with E-state index in [0.29, 0.717) is 6.04 Å². The van der Waals surface area contributed by atoms with Crippen molar-refractivity contribution in [2.45, 2.75) is 37.5 Å². The number of nitrogens with zero attached hydrogens (tertiary/aromatic N) is 3. The van der Waals surface area contributed by atoms with E-state index in [2.05, 4.69) is 25.3 Å². The molecule has 6 nitrogen and oxygen atoms in total. The molecule has 2 N–H and O–H groups in total. The zero-order chi connectivity index (χ0) is 15.5. The third-order valence-corrected chi connectivity index (χ3v) is 6.19.